The van der Waals surface area contributed by atoms with Crippen LogP contribution in [0, 0.1) is 31.8 Å². The van der Waals surface area contributed by atoms with Crippen LogP contribution in [0.15, 0.2) is 138 Å². The summed E-state index contributed by atoms with van der Waals surface area (Å²) in [6, 6.07) is 39.0. The van der Waals surface area contributed by atoms with Crippen molar-refractivity contribution in [1.82, 2.24) is 4.57 Å². The lowest BCUT2D eigenvalue weighted by Crippen LogP contribution is -2.34. The highest BCUT2D eigenvalue weighted by Crippen LogP contribution is 2.45. The smallest absolute Gasteiger partial charge is 0.265 e. The van der Waals surface area contributed by atoms with E-state index < -0.39 is 5.60 Å². The zero-order chi connectivity index (χ0) is 29.1. The fourth-order valence-electron chi connectivity index (χ4n) is 5.85. The Labute approximate surface area is 246 Å². The molecule has 0 spiro atoms. The molecule has 0 amide bonds. The monoisotopic (exact) mass is 543 g/mol. The molecule has 0 saturated carbocycles. The number of aromatic nitrogens is 1. The number of hydrogen-bond acceptors (Lipinski definition) is 2. The van der Waals surface area contributed by atoms with Gasteiger partial charge >= 0.3 is 0 Å². The zero-order valence-electron chi connectivity index (χ0n) is 23.6. The van der Waals surface area contributed by atoms with E-state index in [0.717, 1.165) is 27.9 Å². The van der Waals surface area contributed by atoms with E-state index in [1.165, 1.54) is 16.6 Å². The average molecular weight is 544 g/mol. The summed E-state index contributed by atoms with van der Waals surface area (Å²) in [5, 5.41) is 11.0. The van der Waals surface area contributed by atoms with Gasteiger partial charge in [0.2, 0.25) is 0 Å². The summed E-state index contributed by atoms with van der Waals surface area (Å²) in [5.74, 6) is 0.593. The number of para-hydroxylation sites is 1. The lowest BCUT2D eigenvalue weighted by molar-refractivity contribution is 0.0348. The van der Waals surface area contributed by atoms with Crippen LogP contribution in [0.25, 0.3) is 27.5 Å². The Balaban J connectivity index is 1.45. The molecule has 0 saturated heterocycles. The zero-order valence-corrected chi connectivity index (χ0v) is 23.6. The Kier molecular flexibility index (Phi) is 7.05. The second-order valence-corrected chi connectivity index (χ2v) is 10.5. The third kappa shape index (κ3) is 4.70. The first-order valence-corrected chi connectivity index (χ1v) is 13.9. The van der Waals surface area contributed by atoms with Crippen LogP contribution in [0.2, 0.25) is 0 Å². The van der Waals surface area contributed by atoms with Crippen molar-refractivity contribution in [2.24, 2.45) is 0 Å². The van der Waals surface area contributed by atoms with Crippen LogP contribution in [-0.4, -0.2) is 4.57 Å². The highest BCUT2D eigenvalue weighted by Gasteiger charge is 2.40. The van der Waals surface area contributed by atoms with Crippen LogP contribution in [0.4, 0.5) is 0 Å². The maximum absolute atomic E-state index is 9.81. The van der Waals surface area contributed by atoms with Crippen molar-refractivity contribution in [1.29, 1.82) is 5.26 Å². The van der Waals surface area contributed by atoms with Crippen LogP contribution in [0.5, 0.6) is 0 Å². The average Bonchev–Trinajstić information content (AvgIpc) is 3.30. The molecular formula is C38H29N3O. The van der Waals surface area contributed by atoms with Crippen molar-refractivity contribution in [3.05, 3.63) is 178 Å². The molecule has 5 aromatic rings. The summed E-state index contributed by atoms with van der Waals surface area (Å²) in [4.78, 5) is 3.56. The lowest BCUT2D eigenvalue weighted by atomic mass is 9.79. The summed E-state index contributed by atoms with van der Waals surface area (Å²) >= 11 is 0. The number of aryl methyl sites for hydroxylation is 1. The Morgan fingerprint density at radius 2 is 1.50 bits per heavy atom. The molecule has 4 nitrogen and oxygen atoms in total. The molecule has 1 aromatic heterocycles. The van der Waals surface area contributed by atoms with Crippen LogP contribution in [0.3, 0.4) is 0 Å². The maximum Gasteiger partial charge on any atom is 0.265 e. The van der Waals surface area contributed by atoms with E-state index in [4.69, 9.17) is 11.3 Å². The first kappa shape index (κ1) is 26.6. The maximum atomic E-state index is 9.81. The molecule has 0 N–H and O–H groups in total. The summed E-state index contributed by atoms with van der Waals surface area (Å²) in [7, 11) is 0. The highest BCUT2D eigenvalue weighted by molar-refractivity contribution is 5.89. The second kappa shape index (κ2) is 11.1. The van der Waals surface area contributed by atoms with Gasteiger partial charge in [0.1, 0.15) is 5.76 Å². The third-order valence-electron chi connectivity index (χ3n) is 8.05. The van der Waals surface area contributed by atoms with Gasteiger partial charge < -0.3 is 9.30 Å². The standard InChI is InChI=1S/C38H29N3O/c1-27-28(2)41(33-17-11-6-12-18-33)37-22-20-29(23-35(27)37)19-21-34-24-30(36(26-39)40-3)25-38(42-34,31-13-7-4-8-14-31)32-15-9-5-10-16-32/h4-24H,25H2,1-2H3/b21-19+,36-30+. The number of nitrogens with zero attached hydrogens (tertiary/aromatic N) is 3. The van der Waals surface area contributed by atoms with Crippen molar-refractivity contribution in [2.45, 2.75) is 25.9 Å². The Hall–Kier alpha value is -5.58. The third-order valence-corrected chi connectivity index (χ3v) is 8.05. The number of rotatable bonds is 5. The minimum Gasteiger partial charge on any atom is -0.478 e. The van der Waals surface area contributed by atoms with Crippen molar-refractivity contribution in [3.8, 4) is 11.8 Å². The molecule has 4 aromatic carbocycles. The molecule has 202 valence electrons. The molecule has 0 fully saturated rings. The van der Waals surface area contributed by atoms with Crippen molar-refractivity contribution in [2.75, 3.05) is 0 Å². The Bertz CT molecular complexity index is 1890. The number of fused-ring (bicyclic) bond motifs is 1. The van der Waals surface area contributed by atoms with Crippen LogP contribution < -0.4 is 0 Å². The molecule has 0 bridgehead atoms. The number of hydrogen-bond donors (Lipinski definition) is 0. The number of nitriles is 1. The molecule has 2 heterocycles. The van der Waals surface area contributed by atoms with Crippen molar-refractivity contribution >= 4 is 17.0 Å². The molecule has 4 heteroatoms. The molecular weight excluding hydrogens is 514 g/mol. The molecule has 0 aliphatic carbocycles. The molecule has 0 unspecified atom stereocenters. The van der Waals surface area contributed by atoms with Crippen LogP contribution >= 0.6 is 0 Å². The van der Waals surface area contributed by atoms with Crippen molar-refractivity contribution < 1.29 is 4.74 Å². The fourth-order valence-corrected chi connectivity index (χ4v) is 5.85. The Morgan fingerprint density at radius 1 is 0.881 bits per heavy atom. The molecule has 1 aliphatic rings. The molecule has 0 atom stereocenters. The van der Waals surface area contributed by atoms with Gasteiger partial charge in [-0.2, -0.15) is 0 Å². The van der Waals surface area contributed by atoms with E-state index in [-0.39, 0.29) is 5.70 Å². The summed E-state index contributed by atoms with van der Waals surface area (Å²) < 4.78 is 9.15. The minimum absolute atomic E-state index is 0.0789. The first-order chi connectivity index (χ1) is 20.5. The topological polar surface area (TPSA) is 42.3 Å². The van der Waals surface area contributed by atoms with Gasteiger partial charge in [-0.3, -0.25) is 0 Å². The van der Waals surface area contributed by atoms with Gasteiger partial charge in [-0.25, -0.2) is 10.1 Å². The van der Waals surface area contributed by atoms with Gasteiger partial charge in [-0.05, 0) is 67.0 Å². The molecule has 0 radical (unpaired) electrons. The predicted molar refractivity (Wildman–Crippen MR) is 168 cm³/mol. The number of allylic oxidation sites excluding steroid dienone is 3. The number of benzene rings is 4. The van der Waals surface area contributed by atoms with Gasteiger partial charge in [0.25, 0.3) is 5.70 Å². The summed E-state index contributed by atoms with van der Waals surface area (Å²) in [5.41, 5.74) is 7.57. The number of ether oxygens (including phenoxy) is 1. The van der Waals surface area contributed by atoms with Crippen molar-refractivity contribution in [3.63, 3.8) is 0 Å². The van der Waals surface area contributed by atoms with Gasteiger partial charge in [-0.15, -0.1) is 0 Å². The Morgan fingerprint density at radius 3 is 2.10 bits per heavy atom. The van der Waals surface area contributed by atoms with Gasteiger partial charge in [0, 0.05) is 34.3 Å². The quantitative estimate of drug-likeness (QED) is 0.164. The first-order valence-electron chi connectivity index (χ1n) is 13.9. The van der Waals surface area contributed by atoms with E-state index in [2.05, 4.69) is 71.8 Å². The van der Waals surface area contributed by atoms with Gasteiger partial charge in [0.05, 0.1) is 18.2 Å². The summed E-state index contributed by atoms with van der Waals surface area (Å²) in [6.07, 6.45) is 6.18. The minimum atomic E-state index is -0.885. The van der Waals surface area contributed by atoms with E-state index in [9.17, 15) is 5.26 Å². The van der Waals surface area contributed by atoms with Crippen LogP contribution in [-0.2, 0) is 10.3 Å². The molecule has 1 aliphatic heterocycles. The lowest BCUT2D eigenvalue weighted by Gasteiger charge is -2.39. The van der Waals surface area contributed by atoms with E-state index >= 15 is 0 Å². The van der Waals surface area contributed by atoms with Gasteiger partial charge in [-0.1, -0.05) is 91.0 Å². The highest BCUT2D eigenvalue weighted by atomic mass is 16.5. The fraction of sp³-hybridized carbons (Fsp3) is 0.105. The SMILES string of the molecule is [C-]#[N+]/C(C#N)=C1C=C(/C=C/c2ccc3c(c2)c(C)c(C)n3-c2ccccc2)OC(c2ccccc2)(c2ccccc2)C\1. The van der Waals surface area contributed by atoms with Crippen LogP contribution in [0.1, 0.15) is 34.4 Å². The normalized spacial score (nSPS) is 15.5. The van der Waals surface area contributed by atoms with E-state index in [1.54, 1.807) is 0 Å². The van der Waals surface area contributed by atoms with E-state index in [0.29, 0.717) is 17.8 Å². The predicted octanol–water partition coefficient (Wildman–Crippen LogP) is 9.21. The van der Waals surface area contributed by atoms with E-state index in [1.807, 2.05) is 85.0 Å². The molecule has 42 heavy (non-hydrogen) atoms. The molecule has 6 rings (SSSR count). The summed E-state index contributed by atoms with van der Waals surface area (Å²) in [6.45, 7) is 12.0. The van der Waals surface area contributed by atoms with Gasteiger partial charge in [0.15, 0.2) is 5.60 Å². The largest absolute Gasteiger partial charge is 0.478 e. The second-order valence-electron chi connectivity index (χ2n) is 10.5.